The average Bonchev–Trinajstić information content (AvgIpc) is 2.85. The molecule has 0 spiro atoms. The van der Waals surface area contributed by atoms with Crippen LogP contribution in [0.15, 0.2) is 96.0 Å². The minimum Gasteiger partial charge on any atom is -0.490 e. The summed E-state index contributed by atoms with van der Waals surface area (Å²) in [6.45, 7) is 2.58. The zero-order chi connectivity index (χ0) is 23.8. The topological polar surface area (TPSA) is 40.0 Å². The van der Waals surface area contributed by atoms with Crippen molar-refractivity contribution in [3.8, 4) is 23.0 Å². The molecule has 0 aliphatic heterocycles. The summed E-state index contributed by atoms with van der Waals surface area (Å²) in [6.07, 6.45) is 1.71. The molecule has 172 valence electrons. The van der Waals surface area contributed by atoms with Gasteiger partial charge in [0.15, 0.2) is 11.5 Å². The van der Waals surface area contributed by atoms with Crippen LogP contribution in [-0.2, 0) is 6.61 Å². The number of para-hydroxylation sites is 1. The van der Waals surface area contributed by atoms with Crippen LogP contribution in [0.3, 0.4) is 0 Å². The van der Waals surface area contributed by atoms with E-state index in [4.69, 9.17) is 25.8 Å². The van der Waals surface area contributed by atoms with Crippen LogP contribution >= 0.6 is 11.6 Å². The molecule has 6 heteroatoms. The summed E-state index contributed by atoms with van der Waals surface area (Å²) in [4.78, 5) is 4.53. The Morgan fingerprint density at radius 2 is 1.56 bits per heavy atom. The predicted octanol–water partition coefficient (Wildman–Crippen LogP) is 8.00. The van der Waals surface area contributed by atoms with E-state index in [0.29, 0.717) is 23.1 Å². The van der Waals surface area contributed by atoms with Gasteiger partial charge in [-0.05, 0) is 78.7 Å². The smallest absolute Gasteiger partial charge is 0.180 e. The molecule has 0 aromatic heterocycles. The maximum Gasteiger partial charge on any atom is 0.180 e. The maximum absolute atomic E-state index is 13.1. The molecule has 0 bridgehead atoms. The zero-order valence-electron chi connectivity index (χ0n) is 18.6. The van der Waals surface area contributed by atoms with Crippen LogP contribution in [0.25, 0.3) is 0 Å². The van der Waals surface area contributed by atoms with Gasteiger partial charge in [0, 0.05) is 6.21 Å². The number of nitrogens with zero attached hydrogens (tertiary/aromatic N) is 1. The van der Waals surface area contributed by atoms with Gasteiger partial charge in [0.1, 0.15) is 23.9 Å². The lowest BCUT2D eigenvalue weighted by Gasteiger charge is -2.14. The van der Waals surface area contributed by atoms with Gasteiger partial charge in [-0.2, -0.15) is 0 Å². The quantitative estimate of drug-likeness (QED) is 0.230. The highest BCUT2D eigenvalue weighted by Gasteiger charge is 2.13. The Balaban J connectivity index is 1.46. The first-order valence-electron chi connectivity index (χ1n) is 10.8. The molecule has 0 saturated heterocycles. The summed E-state index contributed by atoms with van der Waals surface area (Å²) in [5.41, 5.74) is 2.36. The molecule has 4 aromatic rings. The largest absolute Gasteiger partial charge is 0.490 e. The molecule has 0 amide bonds. The monoisotopic (exact) mass is 475 g/mol. The summed E-state index contributed by atoms with van der Waals surface area (Å²) in [6, 6.07) is 26.8. The van der Waals surface area contributed by atoms with E-state index in [1.807, 2.05) is 67.6 Å². The number of benzene rings is 4. The van der Waals surface area contributed by atoms with E-state index in [1.165, 1.54) is 12.1 Å². The van der Waals surface area contributed by atoms with Crippen molar-refractivity contribution >= 4 is 23.5 Å². The van der Waals surface area contributed by atoms with Crippen LogP contribution in [0.5, 0.6) is 23.0 Å². The van der Waals surface area contributed by atoms with E-state index in [9.17, 15) is 4.39 Å². The molecule has 0 unspecified atom stereocenters. The third-order valence-corrected chi connectivity index (χ3v) is 5.09. The van der Waals surface area contributed by atoms with Gasteiger partial charge in [-0.3, -0.25) is 4.99 Å². The number of hydrogen-bond donors (Lipinski definition) is 0. The normalized spacial score (nSPS) is 10.9. The van der Waals surface area contributed by atoms with Gasteiger partial charge in [0.05, 0.1) is 17.3 Å². The third-order valence-electron chi connectivity index (χ3n) is 4.81. The van der Waals surface area contributed by atoms with Gasteiger partial charge in [-0.25, -0.2) is 4.39 Å². The SMILES string of the molecule is CCOc1cc(C=Nc2ccc(Oc3ccccc3)cc2)cc(Cl)c1OCc1ccc(F)cc1. The Morgan fingerprint density at radius 1 is 0.853 bits per heavy atom. The van der Waals surface area contributed by atoms with Crippen molar-refractivity contribution in [2.45, 2.75) is 13.5 Å². The molecule has 0 fully saturated rings. The standard InChI is InChI=1S/C28H23ClFNO3/c1-2-32-27-17-21(16-26(29)28(27)33-19-20-8-10-22(30)11-9-20)18-31-23-12-14-25(15-13-23)34-24-6-4-3-5-7-24/h3-18H,2,19H2,1H3. The zero-order valence-corrected chi connectivity index (χ0v) is 19.3. The van der Waals surface area contributed by atoms with Gasteiger partial charge in [0.2, 0.25) is 0 Å². The fourth-order valence-electron chi connectivity index (χ4n) is 3.18. The van der Waals surface area contributed by atoms with Crippen molar-refractivity contribution in [2.24, 2.45) is 4.99 Å². The summed E-state index contributed by atoms with van der Waals surface area (Å²) < 4.78 is 30.6. The average molecular weight is 476 g/mol. The summed E-state index contributed by atoms with van der Waals surface area (Å²) in [5.74, 6) is 2.17. The van der Waals surface area contributed by atoms with Crippen molar-refractivity contribution in [3.05, 3.63) is 113 Å². The minimum absolute atomic E-state index is 0.241. The Labute approximate surface area is 203 Å². The molecular formula is C28H23ClFNO3. The van der Waals surface area contributed by atoms with Crippen molar-refractivity contribution in [3.63, 3.8) is 0 Å². The lowest BCUT2D eigenvalue weighted by Crippen LogP contribution is -2.01. The summed E-state index contributed by atoms with van der Waals surface area (Å²) >= 11 is 6.50. The Bertz CT molecular complexity index is 1240. The molecule has 4 aromatic carbocycles. The number of rotatable bonds is 9. The van der Waals surface area contributed by atoms with Crippen LogP contribution in [-0.4, -0.2) is 12.8 Å². The molecule has 0 aliphatic carbocycles. The first-order chi connectivity index (χ1) is 16.6. The van der Waals surface area contributed by atoms with E-state index in [1.54, 1.807) is 24.4 Å². The Morgan fingerprint density at radius 3 is 2.26 bits per heavy atom. The van der Waals surface area contributed by atoms with E-state index in [0.717, 1.165) is 28.3 Å². The van der Waals surface area contributed by atoms with E-state index < -0.39 is 0 Å². The molecule has 0 saturated carbocycles. The third kappa shape index (κ3) is 6.36. The second-order valence-corrected chi connectivity index (χ2v) is 7.75. The van der Waals surface area contributed by atoms with Crippen LogP contribution < -0.4 is 14.2 Å². The minimum atomic E-state index is -0.293. The maximum atomic E-state index is 13.1. The Kier molecular flexibility index (Phi) is 7.79. The first-order valence-corrected chi connectivity index (χ1v) is 11.2. The fourth-order valence-corrected chi connectivity index (χ4v) is 3.45. The molecular weight excluding hydrogens is 453 g/mol. The number of hydrogen-bond acceptors (Lipinski definition) is 4. The van der Waals surface area contributed by atoms with Crippen molar-refractivity contribution in [1.29, 1.82) is 0 Å². The van der Waals surface area contributed by atoms with E-state index >= 15 is 0 Å². The van der Waals surface area contributed by atoms with Crippen molar-refractivity contribution in [2.75, 3.05) is 6.61 Å². The van der Waals surface area contributed by atoms with Crippen LogP contribution in [0, 0.1) is 5.82 Å². The highest BCUT2D eigenvalue weighted by atomic mass is 35.5. The van der Waals surface area contributed by atoms with Crippen molar-refractivity contribution in [1.82, 2.24) is 0 Å². The summed E-state index contributed by atoms with van der Waals surface area (Å²) in [5, 5.41) is 0.404. The molecule has 0 atom stereocenters. The van der Waals surface area contributed by atoms with Gasteiger partial charge < -0.3 is 14.2 Å². The molecule has 4 rings (SSSR count). The van der Waals surface area contributed by atoms with Gasteiger partial charge in [-0.1, -0.05) is 41.9 Å². The van der Waals surface area contributed by atoms with Gasteiger partial charge in [0.25, 0.3) is 0 Å². The second-order valence-electron chi connectivity index (χ2n) is 7.35. The lowest BCUT2D eigenvalue weighted by atomic mass is 10.2. The van der Waals surface area contributed by atoms with Gasteiger partial charge in [-0.15, -0.1) is 0 Å². The highest BCUT2D eigenvalue weighted by molar-refractivity contribution is 6.32. The molecule has 0 aliphatic rings. The second kappa shape index (κ2) is 11.3. The van der Waals surface area contributed by atoms with Crippen LogP contribution in [0.2, 0.25) is 5.02 Å². The van der Waals surface area contributed by atoms with Gasteiger partial charge >= 0.3 is 0 Å². The number of ether oxygens (including phenoxy) is 3. The Hall–Kier alpha value is -3.83. The molecule has 4 nitrogen and oxygen atoms in total. The molecule has 34 heavy (non-hydrogen) atoms. The number of halogens is 2. The number of aliphatic imine (C=N–C) groups is 1. The lowest BCUT2D eigenvalue weighted by molar-refractivity contribution is 0.269. The van der Waals surface area contributed by atoms with E-state index in [-0.39, 0.29) is 12.4 Å². The molecule has 0 N–H and O–H groups in total. The van der Waals surface area contributed by atoms with E-state index in [2.05, 4.69) is 4.99 Å². The molecule has 0 heterocycles. The van der Waals surface area contributed by atoms with Crippen LogP contribution in [0.4, 0.5) is 10.1 Å². The predicted molar refractivity (Wildman–Crippen MR) is 134 cm³/mol. The van der Waals surface area contributed by atoms with Crippen LogP contribution in [0.1, 0.15) is 18.1 Å². The molecule has 0 radical (unpaired) electrons. The van der Waals surface area contributed by atoms with Crippen molar-refractivity contribution < 1.29 is 18.6 Å². The summed E-state index contributed by atoms with van der Waals surface area (Å²) in [7, 11) is 0. The highest BCUT2D eigenvalue weighted by Crippen LogP contribution is 2.37. The first kappa shape index (κ1) is 23.3. The fraction of sp³-hybridized carbons (Fsp3) is 0.107.